The standard InChI is InChI=1S/C20H26/c1-7-8-18-10-12-20(17(6)15(18)4)19-11-9-13(2)14(3)16(19)5/h9-12H,7-8H2,1-6H3. The van der Waals surface area contributed by atoms with Gasteiger partial charge in [-0.1, -0.05) is 37.6 Å². The van der Waals surface area contributed by atoms with Crippen molar-refractivity contribution in [1.82, 2.24) is 0 Å². The van der Waals surface area contributed by atoms with Gasteiger partial charge in [0.15, 0.2) is 0 Å². The zero-order valence-corrected chi connectivity index (χ0v) is 13.7. The molecule has 0 fully saturated rings. The van der Waals surface area contributed by atoms with Crippen LogP contribution in [0.2, 0.25) is 0 Å². The molecule has 106 valence electrons. The van der Waals surface area contributed by atoms with Gasteiger partial charge in [-0.2, -0.15) is 0 Å². The lowest BCUT2D eigenvalue weighted by atomic mass is 9.88. The maximum atomic E-state index is 2.32. The Balaban J connectivity index is 2.60. The quantitative estimate of drug-likeness (QED) is 0.654. The molecule has 2 rings (SSSR count). The topological polar surface area (TPSA) is 0 Å². The Hall–Kier alpha value is -1.56. The van der Waals surface area contributed by atoms with E-state index in [1.54, 1.807) is 0 Å². The van der Waals surface area contributed by atoms with Crippen molar-refractivity contribution in [2.75, 3.05) is 0 Å². The third-order valence-electron chi connectivity index (χ3n) is 4.77. The third kappa shape index (κ3) is 2.52. The SMILES string of the molecule is CCCc1ccc(-c2ccc(C)c(C)c2C)c(C)c1C. The maximum absolute atomic E-state index is 2.32. The second-order valence-corrected chi connectivity index (χ2v) is 5.95. The summed E-state index contributed by atoms with van der Waals surface area (Å²) < 4.78 is 0. The van der Waals surface area contributed by atoms with Gasteiger partial charge in [0.25, 0.3) is 0 Å². The molecule has 2 aromatic rings. The summed E-state index contributed by atoms with van der Waals surface area (Å²) in [6.07, 6.45) is 2.39. The molecule has 0 unspecified atom stereocenters. The predicted molar refractivity (Wildman–Crippen MR) is 89.6 cm³/mol. The van der Waals surface area contributed by atoms with Gasteiger partial charge in [-0.15, -0.1) is 0 Å². The average Bonchev–Trinajstić information content (AvgIpc) is 2.43. The number of rotatable bonds is 3. The van der Waals surface area contributed by atoms with Crippen molar-refractivity contribution in [2.24, 2.45) is 0 Å². The van der Waals surface area contributed by atoms with E-state index in [0.717, 1.165) is 0 Å². The Morgan fingerprint density at radius 1 is 0.650 bits per heavy atom. The van der Waals surface area contributed by atoms with Gasteiger partial charge in [0.05, 0.1) is 0 Å². The summed E-state index contributed by atoms with van der Waals surface area (Å²) in [4.78, 5) is 0. The van der Waals surface area contributed by atoms with E-state index in [-0.39, 0.29) is 0 Å². The fourth-order valence-corrected chi connectivity index (χ4v) is 2.96. The molecule has 0 saturated heterocycles. The summed E-state index contributed by atoms with van der Waals surface area (Å²) >= 11 is 0. The fourth-order valence-electron chi connectivity index (χ4n) is 2.96. The van der Waals surface area contributed by atoms with Crippen LogP contribution in [-0.4, -0.2) is 0 Å². The van der Waals surface area contributed by atoms with E-state index in [4.69, 9.17) is 0 Å². The first kappa shape index (κ1) is 14.8. The van der Waals surface area contributed by atoms with E-state index in [9.17, 15) is 0 Å². The Morgan fingerprint density at radius 3 is 1.80 bits per heavy atom. The van der Waals surface area contributed by atoms with E-state index in [1.165, 1.54) is 57.3 Å². The summed E-state index contributed by atoms with van der Waals surface area (Å²) in [6, 6.07) is 9.14. The molecule has 0 saturated carbocycles. The van der Waals surface area contributed by atoms with Crippen LogP contribution < -0.4 is 0 Å². The molecule has 0 aliphatic rings. The predicted octanol–water partition coefficient (Wildman–Crippen LogP) is 5.85. The summed E-state index contributed by atoms with van der Waals surface area (Å²) in [5.41, 5.74) is 11.4. The molecule has 2 aromatic carbocycles. The zero-order chi connectivity index (χ0) is 14.9. The van der Waals surface area contributed by atoms with Crippen molar-refractivity contribution < 1.29 is 0 Å². The molecule has 0 aromatic heterocycles. The van der Waals surface area contributed by atoms with Gasteiger partial charge in [-0.25, -0.2) is 0 Å². The first-order chi connectivity index (χ1) is 9.47. The Morgan fingerprint density at radius 2 is 1.20 bits per heavy atom. The molecule has 0 aliphatic heterocycles. The summed E-state index contributed by atoms with van der Waals surface area (Å²) in [5.74, 6) is 0. The number of hydrogen-bond acceptors (Lipinski definition) is 0. The second kappa shape index (κ2) is 5.83. The van der Waals surface area contributed by atoms with Crippen molar-refractivity contribution >= 4 is 0 Å². The zero-order valence-electron chi connectivity index (χ0n) is 13.7. The molecule has 0 spiro atoms. The van der Waals surface area contributed by atoms with Crippen LogP contribution in [0.4, 0.5) is 0 Å². The molecule has 0 heterocycles. The molecule has 0 bridgehead atoms. The van der Waals surface area contributed by atoms with Gasteiger partial charge in [-0.05, 0) is 85.5 Å². The van der Waals surface area contributed by atoms with E-state index < -0.39 is 0 Å². The maximum Gasteiger partial charge on any atom is -0.0149 e. The Bertz CT molecular complexity index is 633. The molecule has 0 nitrogen and oxygen atoms in total. The monoisotopic (exact) mass is 266 g/mol. The summed E-state index contributed by atoms with van der Waals surface area (Å²) in [6.45, 7) is 13.4. The Labute approximate surface area is 123 Å². The molecular formula is C20H26. The fraction of sp³-hybridized carbons (Fsp3) is 0.400. The molecular weight excluding hydrogens is 240 g/mol. The van der Waals surface area contributed by atoms with Crippen molar-refractivity contribution in [3.05, 3.63) is 57.6 Å². The van der Waals surface area contributed by atoms with E-state index in [1.807, 2.05) is 0 Å². The van der Waals surface area contributed by atoms with Crippen LogP contribution in [0.5, 0.6) is 0 Å². The minimum absolute atomic E-state index is 1.18. The largest absolute Gasteiger partial charge is 0.0651 e. The van der Waals surface area contributed by atoms with Crippen LogP contribution in [0.25, 0.3) is 11.1 Å². The third-order valence-corrected chi connectivity index (χ3v) is 4.77. The smallest absolute Gasteiger partial charge is 0.0149 e. The summed E-state index contributed by atoms with van der Waals surface area (Å²) in [5, 5.41) is 0. The van der Waals surface area contributed by atoms with Gasteiger partial charge in [0.2, 0.25) is 0 Å². The highest BCUT2D eigenvalue weighted by Crippen LogP contribution is 2.32. The van der Waals surface area contributed by atoms with Gasteiger partial charge >= 0.3 is 0 Å². The lowest BCUT2D eigenvalue weighted by Crippen LogP contribution is -1.97. The molecule has 0 amide bonds. The number of aryl methyl sites for hydroxylation is 2. The highest BCUT2D eigenvalue weighted by Gasteiger charge is 2.11. The van der Waals surface area contributed by atoms with Crippen molar-refractivity contribution in [1.29, 1.82) is 0 Å². The molecule has 0 N–H and O–H groups in total. The highest BCUT2D eigenvalue weighted by atomic mass is 14.2. The average molecular weight is 266 g/mol. The van der Waals surface area contributed by atoms with Gasteiger partial charge in [-0.3, -0.25) is 0 Å². The van der Waals surface area contributed by atoms with Crippen LogP contribution >= 0.6 is 0 Å². The van der Waals surface area contributed by atoms with Crippen molar-refractivity contribution in [3.63, 3.8) is 0 Å². The lowest BCUT2D eigenvalue weighted by molar-refractivity contribution is 0.910. The minimum Gasteiger partial charge on any atom is -0.0651 e. The van der Waals surface area contributed by atoms with Crippen molar-refractivity contribution in [2.45, 2.75) is 54.4 Å². The van der Waals surface area contributed by atoms with Crippen LogP contribution in [0, 0.1) is 34.6 Å². The van der Waals surface area contributed by atoms with Crippen molar-refractivity contribution in [3.8, 4) is 11.1 Å². The number of hydrogen-bond donors (Lipinski definition) is 0. The minimum atomic E-state index is 1.18. The molecule has 20 heavy (non-hydrogen) atoms. The van der Waals surface area contributed by atoms with Crippen LogP contribution in [0.15, 0.2) is 24.3 Å². The van der Waals surface area contributed by atoms with Gasteiger partial charge in [0.1, 0.15) is 0 Å². The first-order valence-electron chi connectivity index (χ1n) is 7.63. The summed E-state index contributed by atoms with van der Waals surface area (Å²) in [7, 11) is 0. The lowest BCUT2D eigenvalue weighted by Gasteiger charge is -2.17. The van der Waals surface area contributed by atoms with E-state index >= 15 is 0 Å². The molecule has 0 radical (unpaired) electrons. The van der Waals surface area contributed by atoms with Crippen LogP contribution in [0.1, 0.15) is 46.7 Å². The molecule has 0 aliphatic carbocycles. The van der Waals surface area contributed by atoms with Crippen LogP contribution in [0.3, 0.4) is 0 Å². The first-order valence-corrected chi connectivity index (χ1v) is 7.63. The second-order valence-electron chi connectivity index (χ2n) is 5.95. The molecule has 0 atom stereocenters. The van der Waals surface area contributed by atoms with Gasteiger partial charge < -0.3 is 0 Å². The van der Waals surface area contributed by atoms with Gasteiger partial charge in [0, 0.05) is 0 Å². The normalized spacial score (nSPS) is 10.9. The number of benzene rings is 2. The van der Waals surface area contributed by atoms with E-state index in [2.05, 4.69) is 65.8 Å². The van der Waals surface area contributed by atoms with Crippen LogP contribution in [-0.2, 0) is 6.42 Å². The Kier molecular flexibility index (Phi) is 4.32. The van der Waals surface area contributed by atoms with E-state index in [0.29, 0.717) is 0 Å². The molecule has 0 heteroatoms. The highest BCUT2D eigenvalue weighted by molar-refractivity contribution is 5.73.